The van der Waals surface area contributed by atoms with Crippen molar-refractivity contribution in [3.05, 3.63) is 0 Å². The van der Waals surface area contributed by atoms with Crippen LogP contribution in [0.25, 0.3) is 0 Å². The molecule has 0 bridgehead atoms. The van der Waals surface area contributed by atoms with E-state index in [1.807, 2.05) is 18.7 Å². The minimum Gasteiger partial charge on any atom is -0.480 e. The molecular weight excluding hydrogens is 250 g/mol. The Bertz CT molecular complexity index is 259. The van der Waals surface area contributed by atoms with Gasteiger partial charge in [-0.2, -0.15) is 11.8 Å². The molecule has 0 aliphatic carbocycles. The summed E-state index contributed by atoms with van der Waals surface area (Å²) in [5.74, 6) is 0.369. The molecule has 0 spiro atoms. The molecule has 0 aromatic rings. The summed E-state index contributed by atoms with van der Waals surface area (Å²) in [6, 6.07) is 0. The van der Waals surface area contributed by atoms with Crippen LogP contribution in [0.5, 0.6) is 0 Å². The van der Waals surface area contributed by atoms with Crippen LogP contribution in [0.4, 0.5) is 0 Å². The van der Waals surface area contributed by atoms with Crippen molar-refractivity contribution < 1.29 is 14.6 Å². The standard InChI is InChI=1S/C13H25NO3S/c1-3-7-14-13(2,12(15)16)6-4-5-8-18-11-9-17-10-11/h11,14H,3-10H2,1-2H3,(H,15,16). The van der Waals surface area contributed by atoms with E-state index in [1.165, 1.54) is 0 Å². The fourth-order valence-corrected chi connectivity index (χ4v) is 2.90. The Morgan fingerprint density at radius 1 is 1.50 bits per heavy atom. The maximum Gasteiger partial charge on any atom is 0.323 e. The van der Waals surface area contributed by atoms with Crippen molar-refractivity contribution in [3.63, 3.8) is 0 Å². The summed E-state index contributed by atoms with van der Waals surface area (Å²) in [7, 11) is 0. The number of nitrogens with one attached hydrogen (secondary N) is 1. The third kappa shape index (κ3) is 5.16. The average molecular weight is 275 g/mol. The zero-order chi connectivity index (χ0) is 13.4. The molecule has 1 saturated heterocycles. The molecule has 0 saturated carbocycles. The number of unbranched alkanes of at least 4 members (excludes halogenated alkanes) is 1. The summed E-state index contributed by atoms with van der Waals surface area (Å²) in [6.45, 7) is 6.37. The molecule has 4 nitrogen and oxygen atoms in total. The number of carboxylic acid groups (broad SMARTS) is 1. The normalized spacial score (nSPS) is 19.2. The number of ether oxygens (including phenoxy) is 1. The van der Waals surface area contributed by atoms with Gasteiger partial charge in [0.2, 0.25) is 0 Å². The predicted molar refractivity (Wildman–Crippen MR) is 75.3 cm³/mol. The lowest BCUT2D eigenvalue weighted by atomic mass is 9.95. The molecule has 0 aromatic heterocycles. The fourth-order valence-electron chi connectivity index (χ4n) is 1.81. The first-order valence-corrected chi connectivity index (χ1v) is 7.81. The zero-order valence-electron chi connectivity index (χ0n) is 11.4. The first-order valence-electron chi connectivity index (χ1n) is 6.76. The monoisotopic (exact) mass is 275 g/mol. The third-order valence-corrected chi connectivity index (χ3v) is 4.54. The third-order valence-electron chi connectivity index (χ3n) is 3.27. The molecule has 1 heterocycles. The highest BCUT2D eigenvalue weighted by molar-refractivity contribution is 8.00. The van der Waals surface area contributed by atoms with E-state index in [4.69, 9.17) is 4.74 Å². The minimum absolute atomic E-state index is 0.675. The second-order valence-electron chi connectivity index (χ2n) is 5.05. The Hall–Kier alpha value is -0.260. The van der Waals surface area contributed by atoms with Gasteiger partial charge in [0.15, 0.2) is 0 Å². The van der Waals surface area contributed by atoms with Crippen LogP contribution in [-0.4, -0.2) is 47.4 Å². The van der Waals surface area contributed by atoms with E-state index in [0.29, 0.717) is 11.7 Å². The van der Waals surface area contributed by atoms with Gasteiger partial charge in [-0.05, 0) is 38.5 Å². The van der Waals surface area contributed by atoms with Gasteiger partial charge in [0.1, 0.15) is 5.54 Å². The van der Waals surface area contributed by atoms with E-state index in [-0.39, 0.29) is 0 Å². The topological polar surface area (TPSA) is 58.6 Å². The summed E-state index contributed by atoms with van der Waals surface area (Å²) in [5.41, 5.74) is -0.764. The van der Waals surface area contributed by atoms with Crippen LogP contribution in [0.3, 0.4) is 0 Å². The SMILES string of the molecule is CCCNC(C)(CCCCSC1COC1)C(=O)O. The summed E-state index contributed by atoms with van der Waals surface area (Å²) in [5, 5.41) is 13.1. The Balaban J connectivity index is 2.13. The molecule has 5 heteroatoms. The zero-order valence-corrected chi connectivity index (χ0v) is 12.2. The van der Waals surface area contributed by atoms with Crippen LogP contribution in [-0.2, 0) is 9.53 Å². The maximum absolute atomic E-state index is 11.3. The number of carboxylic acids is 1. The second-order valence-corrected chi connectivity index (χ2v) is 6.46. The molecule has 0 radical (unpaired) electrons. The van der Waals surface area contributed by atoms with E-state index >= 15 is 0 Å². The van der Waals surface area contributed by atoms with E-state index in [0.717, 1.165) is 44.8 Å². The maximum atomic E-state index is 11.3. The van der Waals surface area contributed by atoms with Crippen LogP contribution in [0.1, 0.15) is 39.5 Å². The van der Waals surface area contributed by atoms with Crippen LogP contribution in [0, 0.1) is 0 Å². The predicted octanol–water partition coefficient (Wildman–Crippen LogP) is 2.13. The van der Waals surface area contributed by atoms with Gasteiger partial charge in [-0.25, -0.2) is 0 Å². The van der Waals surface area contributed by atoms with Crippen LogP contribution in [0.15, 0.2) is 0 Å². The number of aliphatic carboxylic acids is 1. The van der Waals surface area contributed by atoms with E-state index in [9.17, 15) is 9.90 Å². The lowest BCUT2D eigenvalue weighted by Gasteiger charge is -2.27. The Morgan fingerprint density at radius 3 is 2.72 bits per heavy atom. The summed E-state index contributed by atoms with van der Waals surface area (Å²) in [4.78, 5) is 11.3. The Morgan fingerprint density at radius 2 is 2.22 bits per heavy atom. The quantitative estimate of drug-likeness (QED) is 0.598. The molecule has 0 aromatic carbocycles. The van der Waals surface area contributed by atoms with Gasteiger partial charge < -0.3 is 15.2 Å². The van der Waals surface area contributed by atoms with Crippen molar-refractivity contribution in [2.24, 2.45) is 0 Å². The average Bonchev–Trinajstić information content (AvgIpc) is 2.28. The van der Waals surface area contributed by atoms with Crippen LogP contribution >= 0.6 is 11.8 Å². The van der Waals surface area contributed by atoms with Gasteiger partial charge in [0.05, 0.1) is 18.5 Å². The number of hydrogen-bond acceptors (Lipinski definition) is 4. The molecule has 106 valence electrons. The van der Waals surface area contributed by atoms with Gasteiger partial charge in [-0.1, -0.05) is 13.3 Å². The lowest BCUT2D eigenvalue weighted by molar-refractivity contribution is -0.144. The van der Waals surface area contributed by atoms with Crippen molar-refractivity contribution in [1.29, 1.82) is 0 Å². The first-order chi connectivity index (χ1) is 8.58. The van der Waals surface area contributed by atoms with Gasteiger partial charge in [-0.3, -0.25) is 4.79 Å². The first kappa shape index (κ1) is 15.8. The van der Waals surface area contributed by atoms with Crippen molar-refractivity contribution in [1.82, 2.24) is 5.32 Å². The van der Waals surface area contributed by atoms with Gasteiger partial charge in [0.25, 0.3) is 0 Å². The molecule has 1 atom stereocenters. The number of carbonyl (C=O) groups is 1. The number of thioether (sulfide) groups is 1. The van der Waals surface area contributed by atoms with Gasteiger partial charge in [-0.15, -0.1) is 0 Å². The van der Waals surface area contributed by atoms with Crippen molar-refractivity contribution >= 4 is 17.7 Å². The highest BCUT2D eigenvalue weighted by Crippen LogP contribution is 2.22. The van der Waals surface area contributed by atoms with Crippen LogP contribution in [0.2, 0.25) is 0 Å². The summed E-state index contributed by atoms with van der Waals surface area (Å²) >= 11 is 1.95. The Kier molecular flexibility index (Phi) is 7.04. The summed E-state index contributed by atoms with van der Waals surface area (Å²) in [6.07, 6.45) is 3.70. The summed E-state index contributed by atoms with van der Waals surface area (Å²) < 4.78 is 5.11. The van der Waals surface area contributed by atoms with Gasteiger partial charge >= 0.3 is 5.97 Å². The van der Waals surface area contributed by atoms with E-state index in [2.05, 4.69) is 5.32 Å². The fraction of sp³-hybridized carbons (Fsp3) is 0.923. The highest BCUT2D eigenvalue weighted by atomic mass is 32.2. The van der Waals surface area contributed by atoms with Gasteiger partial charge in [0, 0.05) is 0 Å². The molecule has 1 fully saturated rings. The molecular formula is C13H25NO3S. The Labute approximate surface area is 114 Å². The highest BCUT2D eigenvalue weighted by Gasteiger charge is 2.31. The minimum atomic E-state index is -0.764. The van der Waals surface area contributed by atoms with Crippen molar-refractivity contribution in [2.45, 2.75) is 50.3 Å². The molecule has 1 rings (SSSR count). The van der Waals surface area contributed by atoms with Crippen molar-refractivity contribution in [3.8, 4) is 0 Å². The molecule has 2 N–H and O–H groups in total. The second kappa shape index (κ2) is 8.02. The van der Waals surface area contributed by atoms with Crippen LogP contribution < -0.4 is 5.32 Å². The number of rotatable bonds is 10. The number of hydrogen-bond donors (Lipinski definition) is 2. The van der Waals surface area contributed by atoms with E-state index < -0.39 is 11.5 Å². The largest absolute Gasteiger partial charge is 0.480 e. The van der Waals surface area contributed by atoms with E-state index in [1.54, 1.807) is 6.92 Å². The molecule has 1 unspecified atom stereocenters. The molecule has 1 aliphatic heterocycles. The molecule has 1 aliphatic rings. The smallest absolute Gasteiger partial charge is 0.323 e. The molecule has 18 heavy (non-hydrogen) atoms. The lowest BCUT2D eigenvalue weighted by Crippen LogP contribution is -2.49. The molecule has 0 amide bonds. The van der Waals surface area contributed by atoms with Crippen molar-refractivity contribution in [2.75, 3.05) is 25.5 Å².